The molecule has 136 valence electrons. The van der Waals surface area contributed by atoms with Gasteiger partial charge >= 0.3 is 6.03 Å². The molecule has 0 atom stereocenters. The standard InChI is InChI=1S/C19H18ClFN2O3/c20-14-3-6-17(16(21)11-14)22-19(26)23-9-7-13(8-10-23)18(25)12-1-4-15(24)5-2-12/h1-6,11,13,24H,7-10H2,(H,22,26). The summed E-state index contributed by atoms with van der Waals surface area (Å²) < 4.78 is 13.8. The number of anilines is 1. The smallest absolute Gasteiger partial charge is 0.321 e. The first-order chi connectivity index (χ1) is 12.4. The molecule has 7 heteroatoms. The van der Waals surface area contributed by atoms with E-state index < -0.39 is 11.8 Å². The third-order valence-electron chi connectivity index (χ3n) is 4.48. The second-order valence-electron chi connectivity index (χ2n) is 6.23. The summed E-state index contributed by atoms with van der Waals surface area (Å²) in [7, 11) is 0. The topological polar surface area (TPSA) is 69.6 Å². The van der Waals surface area contributed by atoms with E-state index >= 15 is 0 Å². The minimum absolute atomic E-state index is 0.00815. The van der Waals surface area contributed by atoms with Crippen molar-refractivity contribution in [2.45, 2.75) is 12.8 Å². The maximum absolute atomic E-state index is 13.8. The van der Waals surface area contributed by atoms with Crippen LogP contribution in [-0.2, 0) is 0 Å². The van der Waals surface area contributed by atoms with Gasteiger partial charge in [0.25, 0.3) is 0 Å². The van der Waals surface area contributed by atoms with Gasteiger partial charge in [-0.1, -0.05) is 11.6 Å². The molecule has 0 aliphatic carbocycles. The molecule has 1 aliphatic heterocycles. The molecule has 1 aliphatic rings. The van der Waals surface area contributed by atoms with Gasteiger partial charge in [-0.05, 0) is 55.3 Å². The van der Waals surface area contributed by atoms with Crippen LogP contribution in [0.2, 0.25) is 5.02 Å². The fourth-order valence-electron chi connectivity index (χ4n) is 2.99. The van der Waals surface area contributed by atoms with Crippen molar-refractivity contribution in [3.05, 3.63) is 58.9 Å². The van der Waals surface area contributed by atoms with E-state index in [1.165, 1.54) is 24.3 Å². The monoisotopic (exact) mass is 376 g/mol. The Morgan fingerprint density at radius 1 is 1.12 bits per heavy atom. The van der Waals surface area contributed by atoms with Crippen LogP contribution in [0.1, 0.15) is 23.2 Å². The Bertz CT molecular complexity index is 818. The number of Topliss-reactive ketones (excluding diaryl/α,β-unsaturated/α-hetero) is 1. The Labute approximate surface area is 155 Å². The SMILES string of the molecule is O=C(c1ccc(O)cc1)C1CCN(C(=O)Nc2ccc(Cl)cc2F)CC1. The molecule has 1 heterocycles. The fraction of sp³-hybridized carbons (Fsp3) is 0.263. The van der Waals surface area contributed by atoms with Crippen molar-refractivity contribution >= 4 is 29.1 Å². The highest BCUT2D eigenvalue weighted by atomic mass is 35.5. The lowest BCUT2D eigenvalue weighted by Gasteiger charge is -2.31. The van der Waals surface area contributed by atoms with Gasteiger partial charge in [-0.2, -0.15) is 0 Å². The molecule has 1 fully saturated rings. The van der Waals surface area contributed by atoms with Crippen LogP contribution >= 0.6 is 11.6 Å². The number of piperidine rings is 1. The Morgan fingerprint density at radius 2 is 1.77 bits per heavy atom. The van der Waals surface area contributed by atoms with Crippen LogP contribution in [0.3, 0.4) is 0 Å². The number of rotatable bonds is 3. The highest BCUT2D eigenvalue weighted by Gasteiger charge is 2.28. The van der Waals surface area contributed by atoms with Crippen LogP contribution in [-0.4, -0.2) is 34.9 Å². The maximum Gasteiger partial charge on any atom is 0.321 e. The summed E-state index contributed by atoms with van der Waals surface area (Å²) in [5.74, 6) is -0.643. The van der Waals surface area contributed by atoms with Gasteiger partial charge in [0.15, 0.2) is 5.78 Å². The Hall–Kier alpha value is -2.60. The second kappa shape index (κ2) is 7.74. The highest BCUT2D eigenvalue weighted by molar-refractivity contribution is 6.30. The van der Waals surface area contributed by atoms with Crippen LogP contribution < -0.4 is 5.32 Å². The number of hydrogen-bond donors (Lipinski definition) is 2. The molecular weight excluding hydrogens is 359 g/mol. The Morgan fingerprint density at radius 3 is 2.38 bits per heavy atom. The van der Waals surface area contributed by atoms with Gasteiger partial charge in [-0.3, -0.25) is 4.79 Å². The van der Waals surface area contributed by atoms with Crippen LogP contribution in [0.15, 0.2) is 42.5 Å². The first kappa shape index (κ1) is 18.2. The third kappa shape index (κ3) is 4.14. The molecule has 0 bridgehead atoms. The number of phenolic OH excluding ortho intramolecular Hbond substituents is 1. The molecule has 2 aromatic carbocycles. The van der Waals surface area contributed by atoms with Crippen molar-refractivity contribution in [3.63, 3.8) is 0 Å². The number of nitrogens with one attached hydrogen (secondary N) is 1. The number of carbonyl (C=O) groups excluding carboxylic acids is 2. The average Bonchev–Trinajstić information content (AvgIpc) is 2.64. The molecule has 0 radical (unpaired) electrons. The molecule has 0 saturated carbocycles. The second-order valence-corrected chi connectivity index (χ2v) is 6.66. The van der Waals surface area contributed by atoms with E-state index in [2.05, 4.69) is 5.32 Å². The van der Waals surface area contributed by atoms with Crippen LogP contribution in [0.4, 0.5) is 14.9 Å². The van der Waals surface area contributed by atoms with E-state index in [-0.39, 0.29) is 28.2 Å². The lowest BCUT2D eigenvalue weighted by molar-refractivity contribution is 0.0859. The predicted molar refractivity (Wildman–Crippen MR) is 97.2 cm³/mol. The third-order valence-corrected chi connectivity index (χ3v) is 4.71. The number of phenols is 1. The molecule has 2 N–H and O–H groups in total. The van der Waals surface area contributed by atoms with Gasteiger partial charge in [0.2, 0.25) is 0 Å². The number of amides is 2. The van der Waals surface area contributed by atoms with E-state index in [0.717, 1.165) is 6.07 Å². The molecule has 3 rings (SSSR count). The number of benzene rings is 2. The van der Waals surface area contributed by atoms with Gasteiger partial charge in [-0.25, -0.2) is 9.18 Å². The Balaban J connectivity index is 1.56. The summed E-state index contributed by atoms with van der Waals surface area (Å²) >= 11 is 5.70. The van der Waals surface area contributed by atoms with E-state index in [1.807, 2.05) is 0 Å². The molecule has 2 amide bonds. The van der Waals surface area contributed by atoms with Gasteiger partial charge < -0.3 is 15.3 Å². The average molecular weight is 377 g/mol. The summed E-state index contributed by atoms with van der Waals surface area (Å²) in [5, 5.41) is 12.1. The van der Waals surface area contributed by atoms with Crippen molar-refractivity contribution < 1.29 is 19.1 Å². The number of halogens is 2. The van der Waals surface area contributed by atoms with Gasteiger partial charge in [-0.15, -0.1) is 0 Å². The molecule has 1 saturated heterocycles. The summed E-state index contributed by atoms with van der Waals surface area (Å²) in [6, 6.07) is 9.81. The summed E-state index contributed by atoms with van der Waals surface area (Å²) in [6.45, 7) is 0.824. The van der Waals surface area contributed by atoms with Crippen molar-refractivity contribution in [1.82, 2.24) is 4.90 Å². The lowest BCUT2D eigenvalue weighted by Crippen LogP contribution is -2.42. The highest BCUT2D eigenvalue weighted by Crippen LogP contribution is 2.24. The van der Waals surface area contributed by atoms with E-state index in [4.69, 9.17) is 11.6 Å². The van der Waals surface area contributed by atoms with Crippen LogP contribution in [0, 0.1) is 11.7 Å². The zero-order valence-electron chi connectivity index (χ0n) is 13.9. The summed E-state index contributed by atoms with van der Waals surface area (Å²) in [6.07, 6.45) is 1.08. The van der Waals surface area contributed by atoms with Crippen molar-refractivity contribution in [2.24, 2.45) is 5.92 Å². The zero-order chi connectivity index (χ0) is 18.7. The van der Waals surface area contributed by atoms with Gasteiger partial charge in [0.05, 0.1) is 5.69 Å². The molecule has 0 aromatic heterocycles. The molecule has 26 heavy (non-hydrogen) atoms. The number of likely N-dealkylation sites (tertiary alicyclic amines) is 1. The van der Waals surface area contributed by atoms with Gasteiger partial charge in [0.1, 0.15) is 11.6 Å². The number of ketones is 1. The minimum Gasteiger partial charge on any atom is -0.508 e. The summed E-state index contributed by atoms with van der Waals surface area (Å²) in [5.41, 5.74) is 0.621. The first-order valence-corrected chi connectivity index (χ1v) is 8.66. The molecule has 0 unspecified atom stereocenters. The van der Waals surface area contributed by atoms with E-state index in [9.17, 15) is 19.1 Å². The van der Waals surface area contributed by atoms with Crippen molar-refractivity contribution in [2.75, 3.05) is 18.4 Å². The minimum atomic E-state index is -0.594. The van der Waals surface area contributed by atoms with Gasteiger partial charge in [0, 0.05) is 29.6 Å². The molecule has 2 aromatic rings. The predicted octanol–water partition coefficient (Wildman–Crippen LogP) is 4.31. The number of hydrogen-bond acceptors (Lipinski definition) is 3. The maximum atomic E-state index is 13.8. The molecule has 5 nitrogen and oxygen atoms in total. The first-order valence-electron chi connectivity index (χ1n) is 8.28. The van der Waals surface area contributed by atoms with Crippen molar-refractivity contribution in [1.29, 1.82) is 0 Å². The zero-order valence-corrected chi connectivity index (χ0v) is 14.7. The number of urea groups is 1. The number of nitrogens with zero attached hydrogens (tertiary/aromatic N) is 1. The van der Waals surface area contributed by atoms with E-state index in [1.54, 1.807) is 17.0 Å². The van der Waals surface area contributed by atoms with Crippen molar-refractivity contribution in [3.8, 4) is 5.75 Å². The summed E-state index contributed by atoms with van der Waals surface area (Å²) in [4.78, 5) is 26.3. The molecular formula is C19H18ClFN2O3. The molecule has 0 spiro atoms. The largest absolute Gasteiger partial charge is 0.508 e. The van der Waals surface area contributed by atoms with Crippen LogP contribution in [0.25, 0.3) is 0 Å². The number of carbonyl (C=O) groups is 2. The fourth-order valence-corrected chi connectivity index (χ4v) is 3.15. The number of aromatic hydroxyl groups is 1. The lowest BCUT2D eigenvalue weighted by atomic mass is 9.89. The van der Waals surface area contributed by atoms with Crippen LogP contribution in [0.5, 0.6) is 5.75 Å². The van der Waals surface area contributed by atoms with E-state index in [0.29, 0.717) is 31.5 Å². The quantitative estimate of drug-likeness (QED) is 0.784. The normalized spacial score (nSPS) is 14.9. The Kier molecular flexibility index (Phi) is 5.42.